The van der Waals surface area contributed by atoms with E-state index in [2.05, 4.69) is 36.0 Å². The van der Waals surface area contributed by atoms with Gasteiger partial charge in [-0.2, -0.15) is 0 Å². The van der Waals surface area contributed by atoms with Crippen LogP contribution in [0.25, 0.3) is 0 Å². The van der Waals surface area contributed by atoms with Crippen LogP contribution in [0, 0.1) is 0 Å². The summed E-state index contributed by atoms with van der Waals surface area (Å²) in [4.78, 5) is 11.8. The molecule has 0 atom stereocenters. The Balaban J connectivity index is 2.17. The number of halogens is 1. The molecule has 6 nitrogen and oxygen atoms in total. The van der Waals surface area contributed by atoms with E-state index < -0.39 is 0 Å². The Morgan fingerprint density at radius 1 is 1.53 bits per heavy atom. The molecule has 17 heavy (non-hydrogen) atoms. The van der Waals surface area contributed by atoms with Crippen LogP contribution in [0.2, 0.25) is 0 Å². The van der Waals surface area contributed by atoms with Crippen molar-refractivity contribution >= 4 is 38.5 Å². The molecule has 0 spiro atoms. The second kappa shape index (κ2) is 5.19. The van der Waals surface area contributed by atoms with Crippen LogP contribution >= 0.6 is 27.5 Å². The minimum atomic E-state index is -0.271. The van der Waals surface area contributed by atoms with Crippen LogP contribution in [-0.2, 0) is 0 Å². The predicted octanol–water partition coefficient (Wildman–Crippen LogP) is 1.96. The van der Waals surface area contributed by atoms with E-state index in [-0.39, 0.29) is 5.91 Å². The van der Waals surface area contributed by atoms with Gasteiger partial charge in [-0.1, -0.05) is 9.59 Å². The summed E-state index contributed by atoms with van der Waals surface area (Å²) in [5.74, 6) is 0.394. The van der Waals surface area contributed by atoms with E-state index in [1.54, 1.807) is 25.3 Å². The molecule has 2 rings (SSSR count). The summed E-state index contributed by atoms with van der Waals surface area (Å²) in [5.41, 5.74) is 0.493. The molecular weight excluding hydrogens is 308 g/mol. The summed E-state index contributed by atoms with van der Waals surface area (Å²) in [7, 11) is 1.56. The fourth-order valence-electron chi connectivity index (χ4n) is 1.16. The molecule has 0 saturated heterocycles. The monoisotopic (exact) mass is 314 g/mol. The molecule has 0 aliphatic heterocycles. The number of anilines is 1. The second-order valence-electron chi connectivity index (χ2n) is 2.97. The van der Waals surface area contributed by atoms with Crippen molar-refractivity contribution < 1.29 is 9.53 Å². The third-order valence-corrected chi connectivity index (χ3v) is 3.06. The quantitative estimate of drug-likeness (QED) is 0.937. The van der Waals surface area contributed by atoms with Gasteiger partial charge < -0.3 is 4.74 Å². The molecule has 8 heteroatoms. The van der Waals surface area contributed by atoms with Crippen molar-refractivity contribution in [2.75, 3.05) is 12.4 Å². The van der Waals surface area contributed by atoms with Crippen molar-refractivity contribution in [2.24, 2.45) is 0 Å². The zero-order valence-corrected chi connectivity index (χ0v) is 11.1. The van der Waals surface area contributed by atoms with E-state index in [1.807, 2.05) is 0 Å². The molecule has 0 aliphatic carbocycles. The van der Waals surface area contributed by atoms with Gasteiger partial charge in [0.15, 0.2) is 0 Å². The van der Waals surface area contributed by atoms with Gasteiger partial charge in [0.25, 0.3) is 5.91 Å². The van der Waals surface area contributed by atoms with Gasteiger partial charge in [-0.25, -0.2) is 0 Å². The molecule has 0 bridgehead atoms. The minimum Gasteiger partial charge on any atom is -0.496 e. The number of hydrogen-bond donors (Lipinski definition) is 1. The van der Waals surface area contributed by atoms with Crippen molar-refractivity contribution in [3.8, 4) is 5.75 Å². The van der Waals surface area contributed by atoms with Crippen molar-refractivity contribution in [1.82, 2.24) is 14.8 Å². The van der Waals surface area contributed by atoms with E-state index in [4.69, 9.17) is 4.74 Å². The van der Waals surface area contributed by atoms with Gasteiger partial charge in [-0.3, -0.25) is 10.1 Å². The summed E-state index contributed by atoms with van der Waals surface area (Å²) < 4.78 is 9.34. The van der Waals surface area contributed by atoms with E-state index in [0.717, 1.165) is 11.5 Å². The van der Waals surface area contributed by atoms with Gasteiger partial charge >= 0.3 is 0 Å². The SMILES string of the molecule is COc1ccc(C(=O)Nc2nnns2)cc1Br. The molecule has 1 aromatic carbocycles. The molecule has 1 amide bonds. The number of nitrogens with zero attached hydrogens (tertiary/aromatic N) is 3. The number of benzene rings is 1. The molecule has 0 unspecified atom stereocenters. The summed E-state index contributed by atoms with van der Waals surface area (Å²) in [5, 5.41) is 9.96. The van der Waals surface area contributed by atoms with E-state index >= 15 is 0 Å². The number of rotatable bonds is 3. The Labute approximate surface area is 109 Å². The Kier molecular flexibility index (Phi) is 3.64. The Morgan fingerprint density at radius 3 is 2.94 bits per heavy atom. The number of nitrogens with one attached hydrogen (secondary N) is 1. The minimum absolute atomic E-state index is 0.271. The summed E-state index contributed by atoms with van der Waals surface area (Å²) in [6, 6.07) is 5.04. The van der Waals surface area contributed by atoms with Crippen LogP contribution in [-0.4, -0.2) is 27.8 Å². The number of aromatic nitrogens is 3. The molecule has 0 radical (unpaired) electrons. The molecule has 1 N–H and O–H groups in total. The Morgan fingerprint density at radius 2 is 2.35 bits per heavy atom. The molecule has 1 aromatic heterocycles. The lowest BCUT2D eigenvalue weighted by molar-refractivity contribution is 0.102. The topological polar surface area (TPSA) is 77.0 Å². The predicted molar refractivity (Wildman–Crippen MR) is 66.4 cm³/mol. The van der Waals surface area contributed by atoms with Crippen molar-refractivity contribution in [3.63, 3.8) is 0 Å². The Bertz CT molecular complexity index is 532. The van der Waals surface area contributed by atoms with Gasteiger partial charge in [0.2, 0.25) is 5.13 Å². The molecule has 2 aromatic rings. The number of carbonyl (C=O) groups is 1. The van der Waals surface area contributed by atoms with Gasteiger partial charge in [-0.05, 0) is 39.3 Å². The van der Waals surface area contributed by atoms with Crippen LogP contribution in [0.5, 0.6) is 5.75 Å². The summed E-state index contributed by atoms with van der Waals surface area (Å²) >= 11 is 4.33. The summed E-state index contributed by atoms with van der Waals surface area (Å²) in [6.07, 6.45) is 0. The smallest absolute Gasteiger partial charge is 0.257 e. The van der Waals surface area contributed by atoms with Gasteiger partial charge in [-0.15, -0.1) is 0 Å². The first kappa shape index (κ1) is 11.9. The first-order chi connectivity index (χ1) is 8.20. The highest BCUT2D eigenvalue weighted by Gasteiger charge is 2.10. The maximum absolute atomic E-state index is 11.8. The lowest BCUT2D eigenvalue weighted by Gasteiger charge is -2.05. The molecular formula is C9H7BrN4O2S. The number of ether oxygens (including phenoxy) is 1. The Hall–Kier alpha value is -1.54. The molecule has 0 fully saturated rings. The van der Waals surface area contributed by atoms with E-state index in [0.29, 0.717) is 20.9 Å². The van der Waals surface area contributed by atoms with Crippen molar-refractivity contribution in [2.45, 2.75) is 0 Å². The third kappa shape index (κ3) is 2.77. The largest absolute Gasteiger partial charge is 0.496 e. The standard InChI is InChI=1S/C9H7BrN4O2S/c1-16-7-3-2-5(4-6(7)10)8(15)11-9-12-13-14-17-9/h2-4H,1H3,(H,11,12,14,15). The summed E-state index contributed by atoms with van der Waals surface area (Å²) in [6.45, 7) is 0. The first-order valence-electron chi connectivity index (χ1n) is 4.50. The second-order valence-corrected chi connectivity index (χ2v) is 4.56. The van der Waals surface area contributed by atoms with Crippen LogP contribution in [0.15, 0.2) is 22.7 Å². The van der Waals surface area contributed by atoms with Crippen LogP contribution < -0.4 is 10.1 Å². The van der Waals surface area contributed by atoms with Crippen LogP contribution in [0.3, 0.4) is 0 Å². The van der Waals surface area contributed by atoms with Crippen LogP contribution in [0.1, 0.15) is 10.4 Å². The maximum Gasteiger partial charge on any atom is 0.257 e. The highest BCUT2D eigenvalue weighted by atomic mass is 79.9. The van der Waals surface area contributed by atoms with Crippen LogP contribution in [0.4, 0.5) is 5.13 Å². The fraction of sp³-hybridized carbons (Fsp3) is 0.111. The zero-order valence-electron chi connectivity index (χ0n) is 8.68. The van der Waals surface area contributed by atoms with E-state index in [1.165, 1.54) is 0 Å². The van der Waals surface area contributed by atoms with Gasteiger partial charge in [0.05, 0.1) is 11.6 Å². The molecule has 88 valence electrons. The molecule has 1 heterocycles. The lowest BCUT2D eigenvalue weighted by Crippen LogP contribution is -2.11. The zero-order chi connectivity index (χ0) is 12.3. The van der Waals surface area contributed by atoms with Gasteiger partial charge in [0.1, 0.15) is 5.75 Å². The maximum atomic E-state index is 11.8. The highest BCUT2D eigenvalue weighted by molar-refractivity contribution is 9.10. The lowest BCUT2D eigenvalue weighted by atomic mass is 10.2. The normalized spacial score (nSPS) is 10.0. The number of carbonyl (C=O) groups excluding carboxylic acids is 1. The fourth-order valence-corrected chi connectivity index (χ4v) is 2.06. The van der Waals surface area contributed by atoms with Crippen molar-refractivity contribution in [3.05, 3.63) is 28.2 Å². The highest BCUT2D eigenvalue weighted by Crippen LogP contribution is 2.25. The molecule has 0 saturated carbocycles. The van der Waals surface area contributed by atoms with Crippen molar-refractivity contribution in [1.29, 1.82) is 0 Å². The van der Waals surface area contributed by atoms with Gasteiger partial charge in [0, 0.05) is 17.1 Å². The number of amides is 1. The molecule has 0 aliphatic rings. The average molecular weight is 315 g/mol. The third-order valence-electron chi connectivity index (χ3n) is 1.93. The first-order valence-corrected chi connectivity index (χ1v) is 6.07. The average Bonchev–Trinajstić information content (AvgIpc) is 2.81. The number of methoxy groups -OCH3 is 1. The number of hydrogen-bond acceptors (Lipinski definition) is 6. The van der Waals surface area contributed by atoms with E-state index in [9.17, 15) is 4.79 Å².